The molecular formula is C25H26FN3O13. The summed E-state index contributed by atoms with van der Waals surface area (Å²) < 4.78 is 25.8. The summed E-state index contributed by atoms with van der Waals surface area (Å²) in [4.78, 5) is 39.4. The second kappa shape index (κ2) is 10.0. The zero-order valence-electron chi connectivity index (χ0n) is 21.6. The van der Waals surface area contributed by atoms with Gasteiger partial charge in [-0.2, -0.15) is 0 Å². The molecule has 17 heteroatoms. The molecule has 0 aromatic heterocycles. The van der Waals surface area contributed by atoms with Crippen molar-refractivity contribution < 1.29 is 69.1 Å². The summed E-state index contributed by atoms with van der Waals surface area (Å²) in [6.07, 6.45) is 0. The zero-order chi connectivity index (χ0) is 30.8. The van der Waals surface area contributed by atoms with Crippen LogP contribution in [0.15, 0.2) is 18.2 Å². The van der Waals surface area contributed by atoms with E-state index in [0.29, 0.717) is 26.3 Å². The van der Waals surface area contributed by atoms with Crippen LogP contribution in [0.4, 0.5) is 4.39 Å². The maximum absolute atomic E-state index is 15.0. The van der Waals surface area contributed by atoms with Crippen molar-refractivity contribution in [1.29, 1.82) is 0 Å². The summed E-state index contributed by atoms with van der Waals surface area (Å²) in [6.45, 7) is 0.0362. The summed E-state index contributed by atoms with van der Waals surface area (Å²) >= 11 is 0. The van der Waals surface area contributed by atoms with Gasteiger partial charge in [-0.05, 0) is 12.1 Å². The lowest BCUT2D eigenvalue weighted by Gasteiger charge is -2.50. The third-order valence-corrected chi connectivity index (χ3v) is 7.56. The average Bonchev–Trinajstić information content (AvgIpc) is 3.30. The lowest BCUT2D eigenvalue weighted by molar-refractivity contribution is -0.407. The number of phenolic OH excluding ortho intramolecular Hbond substituents is 3. The van der Waals surface area contributed by atoms with Gasteiger partial charge in [-0.3, -0.25) is 29.5 Å². The van der Waals surface area contributed by atoms with E-state index in [1.165, 1.54) is 23.5 Å². The third kappa shape index (κ3) is 4.13. The molecular weight excluding hydrogens is 569 g/mol. The van der Waals surface area contributed by atoms with Gasteiger partial charge in [0.15, 0.2) is 17.3 Å². The molecule has 2 aromatic carbocycles. The number of ether oxygens (including phenoxy) is 2. The van der Waals surface area contributed by atoms with Crippen LogP contribution in [0.2, 0.25) is 0 Å². The Labute approximate surface area is 235 Å². The minimum Gasteiger partial charge on any atom is -0.507 e. The Bertz CT molecular complexity index is 1490. The molecule has 5 rings (SSSR count). The highest BCUT2D eigenvalue weighted by Crippen LogP contribution is 2.44. The number of fused-ring (bicyclic) bond motifs is 1. The highest BCUT2D eigenvalue weighted by atomic mass is 19.1. The molecule has 3 aliphatic rings. The molecule has 2 aromatic rings. The molecule has 0 aliphatic carbocycles. The molecule has 226 valence electrons. The van der Waals surface area contributed by atoms with E-state index in [0.717, 1.165) is 0 Å². The molecule has 3 amide bonds. The number of nitrogens with zero attached hydrogens (tertiary/aromatic N) is 2. The molecule has 2 saturated heterocycles. The van der Waals surface area contributed by atoms with Crippen LogP contribution in [0.25, 0.3) is 0 Å². The highest BCUT2D eigenvalue weighted by molar-refractivity contribution is 6.10. The highest BCUT2D eigenvalue weighted by Gasteiger charge is 2.76. The zero-order valence-corrected chi connectivity index (χ0v) is 21.6. The summed E-state index contributed by atoms with van der Waals surface area (Å²) in [5.41, 5.74) is -4.86. The van der Waals surface area contributed by atoms with Crippen molar-refractivity contribution >= 4 is 17.7 Å². The van der Waals surface area contributed by atoms with Crippen molar-refractivity contribution in [1.82, 2.24) is 15.1 Å². The normalized spacial score (nSPS) is 23.6. The number of hydrogen-bond donors (Lipinski definition) is 9. The number of rotatable bonds is 6. The number of nitrogens with one attached hydrogen (secondary N) is 1. The number of morpholine rings is 1. The molecule has 42 heavy (non-hydrogen) atoms. The van der Waals surface area contributed by atoms with Gasteiger partial charge in [0, 0.05) is 30.8 Å². The van der Waals surface area contributed by atoms with Gasteiger partial charge in [-0.15, -0.1) is 0 Å². The Morgan fingerprint density at radius 2 is 1.60 bits per heavy atom. The average molecular weight is 595 g/mol. The van der Waals surface area contributed by atoms with Crippen molar-refractivity contribution in [2.45, 2.75) is 37.0 Å². The van der Waals surface area contributed by atoms with Gasteiger partial charge in [-0.1, -0.05) is 6.07 Å². The maximum atomic E-state index is 15.0. The second-order valence-corrected chi connectivity index (χ2v) is 9.97. The summed E-state index contributed by atoms with van der Waals surface area (Å²) in [7, 11) is 0. The first-order chi connectivity index (χ1) is 19.6. The molecule has 3 heterocycles. The fourth-order valence-electron chi connectivity index (χ4n) is 5.05. The molecule has 1 unspecified atom stereocenters. The van der Waals surface area contributed by atoms with E-state index >= 15 is 0 Å². The quantitative estimate of drug-likeness (QED) is 0.0700. The number of imide groups is 1. The van der Waals surface area contributed by atoms with Gasteiger partial charge in [0.2, 0.25) is 0 Å². The first-order valence-corrected chi connectivity index (χ1v) is 12.4. The van der Waals surface area contributed by atoms with E-state index in [1.54, 1.807) is 4.90 Å². The van der Waals surface area contributed by atoms with E-state index in [2.05, 4.69) is 0 Å². The smallest absolute Gasteiger partial charge is 0.306 e. The van der Waals surface area contributed by atoms with Crippen LogP contribution in [0.3, 0.4) is 0 Å². The number of piperidine rings is 1. The first-order valence-electron chi connectivity index (χ1n) is 12.4. The Morgan fingerprint density at radius 3 is 2.26 bits per heavy atom. The number of amides is 3. The standard InChI is InChI=1S/C25H26FN3O13/c26-16-14(17(30)13(18(31)19(16)32)8-28-4-6-41-7-5-28)10-42-15-3-1-2-11-12(15)9-29(20(11)33)23(36)21(34)27-22(35)24(37,38)25(23,39)40/h1-3,30-32,36-40H,4-10H2,(H,27,34,35). The van der Waals surface area contributed by atoms with Gasteiger partial charge < -0.3 is 50.3 Å². The summed E-state index contributed by atoms with van der Waals surface area (Å²) in [5, 5.41) is 84.3. The molecule has 0 bridgehead atoms. The lowest BCUT2D eigenvalue weighted by Crippen LogP contribution is -2.85. The van der Waals surface area contributed by atoms with Crippen LogP contribution in [-0.2, 0) is 34.0 Å². The summed E-state index contributed by atoms with van der Waals surface area (Å²) in [5.74, 6) is -17.7. The minimum absolute atomic E-state index is 0.0590. The van der Waals surface area contributed by atoms with Gasteiger partial charge >= 0.3 is 5.79 Å². The van der Waals surface area contributed by atoms with Crippen molar-refractivity contribution in [3.63, 3.8) is 0 Å². The van der Waals surface area contributed by atoms with Crippen molar-refractivity contribution in [2.75, 3.05) is 26.3 Å². The predicted molar refractivity (Wildman–Crippen MR) is 131 cm³/mol. The number of aliphatic hydroxyl groups is 5. The van der Waals surface area contributed by atoms with Gasteiger partial charge in [0.25, 0.3) is 29.2 Å². The van der Waals surface area contributed by atoms with Crippen LogP contribution >= 0.6 is 0 Å². The first kappa shape index (κ1) is 29.4. The molecule has 1 atom stereocenters. The van der Waals surface area contributed by atoms with E-state index in [1.807, 2.05) is 0 Å². The third-order valence-electron chi connectivity index (χ3n) is 7.56. The Hall–Kier alpha value is -4.10. The fraction of sp³-hybridized carbons (Fsp3) is 0.400. The van der Waals surface area contributed by atoms with E-state index < -0.39 is 76.8 Å². The molecule has 2 fully saturated rings. The van der Waals surface area contributed by atoms with Crippen LogP contribution < -0.4 is 10.1 Å². The number of phenols is 3. The van der Waals surface area contributed by atoms with Crippen molar-refractivity contribution in [2.24, 2.45) is 0 Å². The summed E-state index contributed by atoms with van der Waals surface area (Å²) in [6, 6.07) is 3.76. The van der Waals surface area contributed by atoms with Gasteiger partial charge in [-0.25, -0.2) is 4.39 Å². The molecule has 16 nitrogen and oxygen atoms in total. The van der Waals surface area contributed by atoms with Gasteiger partial charge in [0.1, 0.15) is 18.1 Å². The Morgan fingerprint density at radius 1 is 0.929 bits per heavy atom. The topological polar surface area (TPSA) is 250 Å². The number of aromatic hydroxyl groups is 3. The molecule has 3 aliphatic heterocycles. The monoisotopic (exact) mass is 595 g/mol. The maximum Gasteiger partial charge on any atom is 0.306 e. The fourth-order valence-corrected chi connectivity index (χ4v) is 5.05. The number of carbonyl (C=O) groups is 3. The van der Waals surface area contributed by atoms with E-state index in [4.69, 9.17) is 9.47 Å². The van der Waals surface area contributed by atoms with Gasteiger partial charge in [0.05, 0.1) is 30.9 Å². The molecule has 0 saturated carbocycles. The molecule has 0 radical (unpaired) electrons. The Kier molecular flexibility index (Phi) is 7.01. The van der Waals surface area contributed by atoms with Crippen LogP contribution in [0, 0.1) is 5.82 Å². The molecule has 9 N–H and O–H groups in total. The van der Waals surface area contributed by atoms with E-state index in [-0.39, 0.29) is 33.9 Å². The Balaban J connectivity index is 1.45. The predicted octanol–water partition coefficient (Wildman–Crippen LogP) is -2.98. The lowest BCUT2D eigenvalue weighted by atomic mass is 9.86. The number of benzene rings is 2. The minimum atomic E-state index is -4.30. The van der Waals surface area contributed by atoms with Crippen LogP contribution in [-0.4, -0.2) is 112 Å². The van der Waals surface area contributed by atoms with Crippen molar-refractivity contribution in [3.8, 4) is 23.0 Å². The number of carbonyl (C=O) groups excluding carboxylic acids is 3. The number of halogens is 1. The second-order valence-electron chi connectivity index (χ2n) is 9.97. The van der Waals surface area contributed by atoms with E-state index in [9.17, 15) is 59.6 Å². The molecule has 0 spiro atoms. The SMILES string of the molecule is O=C1c2cccc(OCc3c(O)c(CN4CCOCC4)c(O)c(O)c3F)c2CN1C1(O)C(=O)NC(=O)C(O)(O)C1(O)O. The van der Waals surface area contributed by atoms with Crippen LogP contribution in [0.5, 0.6) is 23.0 Å². The van der Waals surface area contributed by atoms with Crippen LogP contribution in [0.1, 0.15) is 27.0 Å². The van der Waals surface area contributed by atoms with Crippen molar-refractivity contribution in [3.05, 3.63) is 46.3 Å². The number of hydrogen-bond acceptors (Lipinski definition) is 14. The largest absolute Gasteiger partial charge is 0.507 e.